The predicted molar refractivity (Wildman–Crippen MR) is 66.0 cm³/mol. The quantitative estimate of drug-likeness (QED) is 0.605. The van der Waals surface area contributed by atoms with E-state index >= 15 is 0 Å². The molecule has 0 rings (SSSR count). The van der Waals surface area contributed by atoms with Gasteiger partial charge in [0, 0.05) is 0 Å². The highest BCUT2D eigenvalue weighted by molar-refractivity contribution is 5.88. The SMILES string of the molecule is CC[C@@H](C)[C@@H](NC(=O)[C@@H](O)CC(C)C)C(N)=O. The fourth-order valence-corrected chi connectivity index (χ4v) is 1.53. The van der Waals surface area contributed by atoms with Gasteiger partial charge in [-0.1, -0.05) is 34.1 Å². The number of nitrogens with one attached hydrogen (secondary N) is 1. The number of nitrogens with two attached hydrogens (primary N) is 1. The molecular formula is C12H24N2O3. The molecule has 0 aliphatic carbocycles. The molecule has 5 heteroatoms. The van der Waals surface area contributed by atoms with E-state index in [9.17, 15) is 14.7 Å². The molecule has 4 N–H and O–H groups in total. The van der Waals surface area contributed by atoms with Gasteiger partial charge in [-0.3, -0.25) is 9.59 Å². The third-order valence-corrected chi connectivity index (χ3v) is 2.81. The van der Waals surface area contributed by atoms with Gasteiger partial charge in [0.05, 0.1) is 0 Å². The van der Waals surface area contributed by atoms with Crippen LogP contribution in [-0.2, 0) is 9.59 Å². The average molecular weight is 244 g/mol. The van der Waals surface area contributed by atoms with Crippen molar-refractivity contribution in [2.45, 2.75) is 52.7 Å². The van der Waals surface area contributed by atoms with Crippen LogP contribution in [0.2, 0.25) is 0 Å². The molecule has 0 aromatic heterocycles. The molecule has 0 bridgehead atoms. The zero-order valence-electron chi connectivity index (χ0n) is 11.1. The van der Waals surface area contributed by atoms with Gasteiger partial charge in [-0.15, -0.1) is 0 Å². The first-order valence-electron chi connectivity index (χ1n) is 6.07. The Balaban J connectivity index is 4.45. The van der Waals surface area contributed by atoms with E-state index in [1.165, 1.54) is 0 Å². The van der Waals surface area contributed by atoms with Gasteiger partial charge in [-0.2, -0.15) is 0 Å². The molecule has 0 radical (unpaired) electrons. The summed E-state index contributed by atoms with van der Waals surface area (Å²) in [5.41, 5.74) is 5.23. The third-order valence-electron chi connectivity index (χ3n) is 2.81. The van der Waals surface area contributed by atoms with E-state index < -0.39 is 24.0 Å². The van der Waals surface area contributed by atoms with E-state index in [1.807, 2.05) is 27.7 Å². The van der Waals surface area contributed by atoms with Gasteiger partial charge in [-0.25, -0.2) is 0 Å². The maximum absolute atomic E-state index is 11.6. The minimum absolute atomic E-state index is 0.0392. The van der Waals surface area contributed by atoms with Crippen LogP contribution < -0.4 is 11.1 Å². The molecule has 0 fully saturated rings. The summed E-state index contributed by atoms with van der Waals surface area (Å²) in [5, 5.41) is 12.1. The molecule has 2 amide bonds. The second-order valence-corrected chi connectivity index (χ2v) is 4.92. The van der Waals surface area contributed by atoms with E-state index in [-0.39, 0.29) is 11.8 Å². The molecule has 17 heavy (non-hydrogen) atoms. The molecule has 0 aliphatic heterocycles. The smallest absolute Gasteiger partial charge is 0.249 e. The number of primary amides is 1. The lowest BCUT2D eigenvalue weighted by molar-refractivity contribution is -0.134. The van der Waals surface area contributed by atoms with Crippen LogP contribution in [0.4, 0.5) is 0 Å². The molecule has 3 atom stereocenters. The lowest BCUT2D eigenvalue weighted by Crippen LogP contribution is -2.51. The number of aliphatic hydroxyl groups is 1. The second-order valence-electron chi connectivity index (χ2n) is 4.92. The summed E-state index contributed by atoms with van der Waals surface area (Å²) in [4.78, 5) is 22.9. The Labute approximate surface area is 103 Å². The van der Waals surface area contributed by atoms with Crippen molar-refractivity contribution in [3.8, 4) is 0 Å². The molecule has 0 aromatic rings. The summed E-state index contributed by atoms with van der Waals surface area (Å²) < 4.78 is 0. The van der Waals surface area contributed by atoms with Crippen molar-refractivity contribution in [2.75, 3.05) is 0 Å². The maximum Gasteiger partial charge on any atom is 0.249 e. The van der Waals surface area contributed by atoms with Crippen LogP contribution in [-0.4, -0.2) is 29.1 Å². The van der Waals surface area contributed by atoms with Crippen LogP contribution in [0, 0.1) is 11.8 Å². The van der Waals surface area contributed by atoms with Gasteiger partial charge in [-0.05, 0) is 18.3 Å². The van der Waals surface area contributed by atoms with Crippen molar-refractivity contribution in [3.63, 3.8) is 0 Å². The molecule has 0 heterocycles. The van der Waals surface area contributed by atoms with Crippen molar-refractivity contribution >= 4 is 11.8 Å². The van der Waals surface area contributed by atoms with Crippen molar-refractivity contribution in [2.24, 2.45) is 17.6 Å². The summed E-state index contributed by atoms with van der Waals surface area (Å²) in [6, 6.07) is -0.714. The van der Waals surface area contributed by atoms with Crippen LogP contribution in [0.5, 0.6) is 0 Å². The van der Waals surface area contributed by atoms with E-state index in [0.29, 0.717) is 6.42 Å². The first-order chi connectivity index (χ1) is 7.79. The number of hydrogen-bond acceptors (Lipinski definition) is 3. The Morgan fingerprint density at radius 1 is 1.29 bits per heavy atom. The van der Waals surface area contributed by atoms with Gasteiger partial charge in [0.15, 0.2) is 0 Å². The van der Waals surface area contributed by atoms with E-state index in [4.69, 9.17) is 5.73 Å². The highest BCUT2D eigenvalue weighted by Gasteiger charge is 2.26. The lowest BCUT2D eigenvalue weighted by Gasteiger charge is -2.23. The first kappa shape index (κ1) is 15.9. The van der Waals surface area contributed by atoms with Crippen LogP contribution in [0.3, 0.4) is 0 Å². The van der Waals surface area contributed by atoms with Crippen molar-refractivity contribution in [3.05, 3.63) is 0 Å². The molecule has 0 aromatic carbocycles. The summed E-state index contributed by atoms with van der Waals surface area (Å²) in [6.45, 7) is 7.58. The standard InChI is InChI=1S/C12H24N2O3/c1-5-8(4)10(11(13)16)14-12(17)9(15)6-7(2)3/h7-10,15H,5-6H2,1-4H3,(H2,13,16)(H,14,17)/t8-,9+,10-/m1/s1. The highest BCUT2D eigenvalue weighted by Crippen LogP contribution is 2.09. The topological polar surface area (TPSA) is 92.4 Å². The number of rotatable bonds is 7. The number of carbonyl (C=O) groups is 2. The van der Waals surface area contributed by atoms with Gasteiger partial charge in [0.25, 0.3) is 0 Å². The minimum Gasteiger partial charge on any atom is -0.383 e. The normalized spacial score (nSPS) is 16.4. The third kappa shape index (κ3) is 5.68. The second kappa shape index (κ2) is 7.27. The Bertz CT molecular complexity index is 266. The maximum atomic E-state index is 11.6. The monoisotopic (exact) mass is 244 g/mol. The lowest BCUT2D eigenvalue weighted by atomic mass is 9.97. The van der Waals surface area contributed by atoms with Crippen LogP contribution >= 0.6 is 0 Å². The zero-order chi connectivity index (χ0) is 13.6. The predicted octanol–water partition coefficient (Wildman–Crippen LogP) is 0.410. The highest BCUT2D eigenvalue weighted by atomic mass is 16.3. The van der Waals surface area contributed by atoms with E-state index in [2.05, 4.69) is 5.32 Å². The Morgan fingerprint density at radius 2 is 1.82 bits per heavy atom. The van der Waals surface area contributed by atoms with Gasteiger partial charge < -0.3 is 16.2 Å². The summed E-state index contributed by atoms with van der Waals surface area (Å²) >= 11 is 0. The largest absolute Gasteiger partial charge is 0.383 e. The number of aliphatic hydroxyl groups excluding tert-OH is 1. The van der Waals surface area contributed by atoms with Gasteiger partial charge >= 0.3 is 0 Å². The van der Waals surface area contributed by atoms with Gasteiger partial charge in [0.2, 0.25) is 11.8 Å². The Morgan fingerprint density at radius 3 is 2.18 bits per heavy atom. The average Bonchev–Trinajstić information content (AvgIpc) is 2.22. The van der Waals surface area contributed by atoms with Crippen LogP contribution in [0.1, 0.15) is 40.5 Å². The van der Waals surface area contributed by atoms with Crippen molar-refractivity contribution in [1.82, 2.24) is 5.32 Å². The summed E-state index contributed by atoms with van der Waals surface area (Å²) in [6.07, 6.45) is 0.0207. The van der Waals surface area contributed by atoms with Crippen LogP contribution in [0.25, 0.3) is 0 Å². The summed E-state index contributed by atoms with van der Waals surface area (Å²) in [7, 11) is 0. The fraction of sp³-hybridized carbons (Fsp3) is 0.833. The molecule has 5 nitrogen and oxygen atoms in total. The molecule has 100 valence electrons. The molecule has 0 saturated carbocycles. The van der Waals surface area contributed by atoms with Gasteiger partial charge in [0.1, 0.15) is 12.1 Å². The molecule has 0 saturated heterocycles. The molecular weight excluding hydrogens is 220 g/mol. The number of carbonyl (C=O) groups excluding carboxylic acids is 2. The minimum atomic E-state index is -1.08. The molecule has 0 unspecified atom stereocenters. The first-order valence-corrected chi connectivity index (χ1v) is 6.07. The Hall–Kier alpha value is -1.10. The molecule has 0 spiro atoms. The van der Waals surface area contributed by atoms with Crippen molar-refractivity contribution < 1.29 is 14.7 Å². The number of hydrogen-bond donors (Lipinski definition) is 3. The Kier molecular flexibility index (Phi) is 6.80. The summed E-state index contributed by atoms with van der Waals surface area (Å²) in [5.74, 6) is -0.915. The molecule has 0 aliphatic rings. The number of amides is 2. The van der Waals surface area contributed by atoms with E-state index in [1.54, 1.807) is 0 Å². The van der Waals surface area contributed by atoms with Crippen LogP contribution in [0.15, 0.2) is 0 Å². The van der Waals surface area contributed by atoms with Crippen molar-refractivity contribution in [1.29, 1.82) is 0 Å². The fourth-order valence-electron chi connectivity index (χ4n) is 1.53. The zero-order valence-corrected chi connectivity index (χ0v) is 11.1. The van der Waals surface area contributed by atoms with E-state index in [0.717, 1.165) is 6.42 Å².